The molecule has 3 N–H and O–H groups in total. The van der Waals surface area contributed by atoms with Crippen LogP contribution in [0.2, 0.25) is 0 Å². The molecule has 0 aromatic carbocycles. The predicted octanol–water partition coefficient (Wildman–Crippen LogP) is 1.70. The zero-order valence-corrected chi connectivity index (χ0v) is 10.7. The summed E-state index contributed by atoms with van der Waals surface area (Å²) in [7, 11) is 0. The maximum atomic E-state index is 11.9. The second kappa shape index (κ2) is 5.07. The smallest absolute Gasteiger partial charge is 0.348 e. The molecule has 0 atom stereocenters. The lowest BCUT2D eigenvalue weighted by atomic mass is 10.2. The summed E-state index contributed by atoms with van der Waals surface area (Å²) in [6.45, 7) is 1.70. The number of anilines is 1. The van der Waals surface area contributed by atoms with Gasteiger partial charge in [0.05, 0.1) is 5.69 Å². The van der Waals surface area contributed by atoms with E-state index >= 15 is 0 Å². The number of carbonyl (C=O) groups excluding carboxylic acids is 1. The second-order valence-electron chi connectivity index (χ2n) is 3.81. The normalized spacial score (nSPS) is 10.2. The number of hydrogen-bond acceptors (Lipinski definition) is 4. The van der Waals surface area contributed by atoms with Crippen molar-refractivity contribution in [3.63, 3.8) is 0 Å². The third kappa shape index (κ3) is 2.71. The highest BCUT2D eigenvalue weighted by Gasteiger charge is 2.16. The third-order valence-corrected chi connectivity index (χ3v) is 3.31. The molecule has 7 heteroatoms. The van der Waals surface area contributed by atoms with Crippen molar-refractivity contribution in [3.05, 3.63) is 50.1 Å². The Balaban J connectivity index is 2.28. The number of rotatable bonds is 3. The topological polar surface area (TPSA) is 99.3 Å². The van der Waals surface area contributed by atoms with Crippen molar-refractivity contribution in [2.75, 3.05) is 5.32 Å². The van der Waals surface area contributed by atoms with Gasteiger partial charge in [-0.25, -0.2) is 4.79 Å². The Bertz CT molecular complexity index is 702. The second-order valence-corrected chi connectivity index (χ2v) is 4.72. The lowest BCUT2D eigenvalue weighted by molar-refractivity contribution is 0.0703. The van der Waals surface area contributed by atoms with Crippen molar-refractivity contribution < 1.29 is 14.7 Å². The molecular weight excluding hydrogens is 268 g/mol. The van der Waals surface area contributed by atoms with Crippen LogP contribution in [0.25, 0.3) is 0 Å². The van der Waals surface area contributed by atoms with Crippen LogP contribution in [-0.4, -0.2) is 22.0 Å². The van der Waals surface area contributed by atoms with Crippen LogP contribution in [0.15, 0.2) is 28.4 Å². The van der Waals surface area contributed by atoms with Crippen molar-refractivity contribution in [2.24, 2.45) is 0 Å². The van der Waals surface area contributed by atoms with E-state index in [0.717, 1.165) is 11.3 Å². The highest BCUT2D eigenvalue weighted by Crippen LogP contribution is 2.22. The van der Waals surface area contributed by atoms with Gasteiger partial charge in [-0.05, 0) is 30.5 Å². The van der Waals surface area contributed by atoms with Gasteiger partial charge in [0.25, 0.3) is 11.5 Å². The number of aryl methyl sites for hydroxylation is 1. The van der Waals surface area contributed by atoms with Crippen LogP contribution in [-0.2, 0) is 0 Å². The molecule has 2 heterocycles. The molecule has 0 aliphatic carbocycles. The van der Waals surface area contributed by atoms with E-state index in [0.29, 0.717) is 5.69 Å². The molecule has 2 aromatic heterocycles. The number of amides is 1. The van der Waals surface area contributed by atoms with Crippen molar-refractivity contribution in [3.8, 4) is 0 Å². The van der Waals surface area contributed by atoms with E-state index in [-0.39, 0.29) is 16.1 Å². The number of thiophene rings is 1. The minimum Gasteiger partial charge on any atom is -0.477 e. The van der Waals surface area contributed by atoms with Gasteiger partial charge in [-0.15, -0.1) is 11.3 Å². The fourth-order valence-electron chi connectivity index (χ4n) is 1.51. The van der Waals surface area contributed by atoms with Gasteiger partial charge in [-0.3, -0.25) is 9.59 Å². The lowest BCUT2D eigenvalue weighted by Gasteiger charge is -2.04. The summed E-state index contributed by atoms with van der Waals surface area (Å²) in [5, 5.41) is 12.9. The van der Waals surface area contributed by atoms with Gasteiger partial charge in [-0.1, -0.05) is 0 Å². The number of carboxylic acid groups (broad SMARTS) is 1. The van der Waals surface area contributed by atoms with Gasteiger partial charge in [0.15, 0.2) is 0 Å². The van der Waals surface area contributed by atoms with Crippen LogP contribution in [0.1, 0.15) is 25.7 Å². The van der Waals surface area contributed by atoms with Crippen molar-refractivity contribution in [2.45, 2.75) is 6.92 Å². The molecule has 0 unspecified atom stereocenters. The number of carboxylic acids is 1. The summed E-state index contributed by atoms with van der Waals surface area (Å²) in [6.07, 6.45) is 0. The summed E-state index contributed by atoms with van der Waals surface area (Å²) in [4.78, 5) is 36.9. The zero-order chi connectivity index (χ0) is 14.0. The minimum absolute atomic E-state index is 0.0249. The van der Waals surface area contributed by atoms with Gasteiger partial charge in [-0.2, -0.15) is 0 Å². The van der Waals surface area contributed by atoms with E-state index < -0.39 is 17.4 Å². The van der Waals surface area contributed by atoms with Crippen LogP contribution < -0.4 is 10.9 Å². The number of aromatic nitrogens is 1. The monoisotopic (exact) mass is 278 g/mol. The number of aromatic amines is 1. The summed E-state index contributed by atoms with van der Waals surface area (Å²) < 4.78 is 0. The van der Waals surface area contributed by atoms with E-state index in [1.54, 1.807) is 18.4 Å². The summed E-state index contributed by atoms with van der Waals surface area (Å²) in [5.74, 6) is -1.76. The lowest BCUT2D eigenvalue weighted by Crippen LogP contribution is -2.23. The average Bonchev–Trinajstić information content (AvgIpc) is 2.76. The van der Waals surface area contributed by atoms with Crippen LogP contribution in [0.4, 0.5) is 5.69 Å². The first kappa shape index (κ1) is 13.0. The average molecular weight is 278 g/mol. The molecule has 2 rings (SSSR count). The molecule has 0 aliphatic heterocycles. The fourth-order valence-corrected chi connectivity index (χ4v) is 2.20. The maximum absolute atomic E-state index is 11.9. The van der Waals surface area contributed by atoms with Gasteiger partial charge >= 0.3 is 5.97 Å². The Morgan fingerprint density at radius 1 is 1.32 bits per heavy atom. The first-order valence-corrected chi connectivity index (χ1v) is 6.19. The first-order chi connectivity index (χ1) is 8.99. The van der Waals surface area contributed by atoms with Crippen LogP contribution >= 0.6 is 11.3 Å². The third-order valence-electron chi connectivity index (χ3n) is 2.41. The standard InChI is InChI=1S/C12H10N2O4S/c1-6-2-3-7(10(15)13-6)11(16)14-8-4-5-19-9(8)12(17)18/h2-5H,1H3,(H,13,15)(H,14,16)(H,17,18). The molecule has 19 heavy (non-hydrogen) atoms. The molecule has 0 radical (unpaired) electrons. The number of H-pyrrole nitrogens is 1. The highest BCUT2D eigenvalue weighted by molar-refractivity contribution is 7.12. The fraction of sp³-hybridized carbons (Fsp3) is 0.0833. The Hall–Kier alpha value is -2.41. The number of carbonyl (C=O) groups is 2. The van der Waals surface area contributed by atoms with Gasteiger partial charge < -0.3 is 15.4 Å². The molecule has 0 bridgehead atoms. The Morgan fingerprint density at radius 3 is 2.68 bits per heavy atom. The molecule has 1 amide bonds. The molecule has 6 nitrogen and oxygen atoms in total. The number of nitrogens with one attached hydrogen (secondary N) is 2. The molecule has 0 saturated heterocycles. The number of aromatic carboxylic acids is 1. The molecule has 0 fully saturated rings. The van der Waals surface area contributed by atoms with Crippen LogP contribution in [0.3, 0.4) is 0 Å². The quantitative estimate of drug-likeness (QED) is 0.795. The van der Waals surface area contributed by atoms with E-state index in [2.05, 4.69) is 10.3 Å². The summed E-state index contributed by atoms with van der Waals surface area (Å²) in [5.41, 5.74) is 0.253. The number of pyridine rings is 1. The molecule has 0 spiro atoms. The first-order valence-electron chi connectivity index (χ1n) is 5.31. The van der Waals surface area contributed by atoms with Crippen LogP contribution in [0, 0.1) is 6.92 Å². The van der Waals surface area contributed by atoms with Crippen LogP contribution in [0.5, 0.6) is 0 Å². The van der Waals surface area contributed by atoms with Gasteiger partial charge in [0.2, 0.25) is 0 Å². The van der Waals surface area contributed by atoms with Crippen molar-refractivity contribution in [1.82, 2.24) is 4.98 Å². The zero-order valence-electron chi connectivity index (χ0n) is 9.89. The predicted molar refractivity (Wildman–Crippen MR) is 71.0 cm³/mol. The Labute approximate surface area is 111 Å². The molecular formula is C12H10N2O4S. The Morgan fingerprint density at radius 2 is 2.05 bits per heavy atom. The van der Waals surface area contributed by atoms with Crippen molar-refractivity contribution in [1.29, 1.82) is 0 Å². The SMILES string of the molecule is Cc1ccc(C(=O)Nc2ccsc2C(=O)O)c(=O)[nH]1. The molecule has 0 saturated carbocycles. The van der Waals surface area contributed by atoms with E-state index in [1.165, 1.54) is 12.1 Å². The van der Waals surface area contributed by atoms with E-state index in [1.807, 2.05) is 0 Å². The largest absolute Gasteiger partial charge is 0.477 e. The van der Waals surface area contributed by atoms with E-state index in [9.17, 15) is 14.4 Å². The number of hydrogen-bond donors (Lipinski definition) is 3. The van der Waals surface area contributed by atoms with Gasteiger partial charge in [0, 0.05) is 5.69 Å². The van der Waals surface area contributed by atoms with Gasteiger partial charge in [0.1, 0.15) is 10.4 Å². The maximum Gasteiger partial charge on any atom is 0.348 e. The summed E-state index contributed by atoms with van der Waals surface area (Å²) in [6, 6.07) is 4.48. The highest BCUT2D eigenvalue weighted by atomic mass is 32.1. The summed E-state index contributed by atoms with van der Waals surface area (Å²) >= 11 is 1.00. The molecule has 2 aromatic rings. The van der Waals surface area contributed by atoms with E-state index in [4.69, 9.17) is 5.11 Å². The molecule has 98 valence electrons. The Kier molecular flexibility index (Phi) is 3.48. The van der Waals surface area contributed by atoms with Crippen molar-refractivity contribution >= 4 is 28.9 Å². The molecule has 0 aliphatic rings. The minimum atomic E-state index is -1.12.